The van der Waals surface area contributed by atoms with E-state index in [0.29, 0.717) is 0 Å². The van der Waals surface area contributed by atoms with Gasteiger partial charge in [-0.3, -0.25) is 4.99 Å². The average molecular weight is 215 g/mol. The second kappa shape index (κ2) is 4.47. The number of benzene rings is 1. The maximum absolute atomic E-state index is 12.2. The number of rotatable bonds is 2. The third kappa shape index (κ3) is 3.38. The molecule has 1 nitrogen and oxygen atoms in total. The molecule has 0 N–H and O–H groups in total. The van der Waals surface area contributed by atoms with Crippen molar-refractivity contribution < 1.29 is 13.2 Å². The lowest BCUT2D eigenvalue weighted by atomic mass is 10.1. The van der Waals surface area contributed by atoms with Crippen molar-refractivity contribution in [1.82, 2.24) is 0 Å². The highest BCUT2D eigenvalue weighted by molar-refractivity contribution is 5.87. The molecule has 0 saturated heterocycles. The minimum absolute atomic E-state index is 0.465. The molecule has 1 atom stereocenters. The van der Waals surface area contributed by atoms with Gasteiger partial charge in [0.25, 0.3) is 0 Å². The van der Waals surface area contributed by atoms with Crippen LogP contribution in [-0.2, 0) is 0 Å². The maximum atomic E-state index is 12.2. The Morgan fingerprint density at radius 2 is 1.73 bits per heavy atom. The minimum Gasteiger partial charge on any atom is -0.277 e. The lowest BCUT2D eigenvalue weighted by Gasteiger charge is -2.10. The quantitative estimate of drug-likeness (QED) is 0.666. The molecule has 0 aliphatic carbocycles. The zero-order chi connectivity index (χ0) is 11.5. The van der Waals surface area contributed by atoms with Crippen LogP contribution in [0, 0.1) is 0 Å². The fourth-order valence-corrected chi connectivity index (χ4v) is 1.17. The van der Waals surface area contributed by atoms with Crippen LogP contribution in [0.15, 0.2) is 35.3 Å². The van der Waals surface area contributed by atoms with Crippen molar-refractivity contribution in [2.45, 2.75) is 26.1 Å². The maximum Gasteiger partial charge on any atom is 0.428 e. The van der Waals surface area contributed by atoms with Crippen LogP contribution in [0.2, 0.25) is 0 Å². The summed E-state index contributed by atoms with van der Waals surface area (Å²) < 4.78 is 36.6. The molecule has 0 radical (unpaired) electrons. The van der Waals surface area contributed by atoms with Gasteiger partial charge in [-0.1, -0.05) is 30.3 Å². The van der Waals surface area contributed by atoms with Gasteiger partial charge in [0.15, 0.2) is 0 Å². The molecule has 0 saturated carbocycles. The van der Waals surface area contributed by atoms with Gasteiger partial charge in [0.2, 0.25) is 0 Å². The Bertz CT molecular complexity index is 341. The molecule has 0 aliphatic heterocycles. The van der Waals surface area contributed by atoms with Crippen LogP contribution in [0.25, 0.3) is 0 Å². The van der Waals surface area contributed by atoms with Crippen LogP contribution in [0.3, 0.4) is 0 Å². The summed E-state index contributed by atoms with van der Waals surface area (Å²) in [5.74, 6) is 0. The van der Waals surface area contributed by atoms with Gasteiger partial charge in [-0.2, -0.15) is 13.2 Å². The van der Waals surface area contributed by atoms with Crippen LogP contribution in [0.4, 0.5) is 13.2 Å². The van der Waals surface area contributed by atoms with Gasteiger partial charge in [-0.05, 0) is 19.4 Å². The number of aliphatic imine (C=N–C) groups is 1. The molecule has 4 heteroatoms. The summed E-state index contributed by atoms with van der Waals surface area (Å²) in [4.78, 5) is 3.61. The molecule has 0 bridgehead atoms. The molecule has 1 rings (SSSR count). The summed E-state index contributed by atoms with van der Waals surface area (Å²) in [6, 6.07) is 8.44. The van der Waals surface area contributed by atoms with Crippen molar-refractivity contribution in [3.05, 3.63) is 35.9 Å². The van der Waals surface area contributed by atoms with Crippen molar-refractivity contribution in [2.75, 3.05) is 0 Å². The largest absolute Gasteiger partial charge is 0.428 e. The Labute approximate surface area is 86.6 Å². The Morgan fingerprint density at radius 3 is 2.20 bits per heavy atom. The van der Waals surface area contributed by atoms with E-state index < -0.39 is 17.9 Å². The zero-order valence-electron chi connectivity index (χ0n) is 8.55. The van der Waals surface area contributed by atoms with Crippen molar-refractivity contribution >= 4 is 5.71 Å². The van der Waals surface area contributed by atoms with E-state index in [1.807, 2.05) is 6.07 Å². The number of alkyl halides is 3. The van der Waals surface area contributed by atoms with Crippen LogP contribution >= 0.6 is 0 Å². The Hall–Kier alpha value is -1.32. The van der Waals surface area contributed by atoms with Gasteiger partial charge >= 0.3 is 6.18 Å². The second-order valence-electron chi connectivity index (χ2n) is 3.30. The van der Waals surface area contributed by atoms with Gasteiger partial charge in [0.05, 0.1) is 6.04 Å². The smallest absolute Gasteiger partial charge is 0.277 e. The van der Waals surface area contributed by atoms with Crippen LogP contribution in [0.1, 0.15) is 25.5 Å². The molecular formula is C11H12F3N. The van der Waals surface area contributed by atoms with Gasteiger partial charge in [-0.15, -0.1) is 0 Å². The molecule has 1 unspecified atom stereocenters. The lowest BCUT2D eigenvalue weighted by molar-refractivity contribution is -0.0595. The van der Waals surface area contributed by atoms with Crippen LogP contribution in [0.5, 0.6) is 0 Å². The summed E-state index contributed by atoms with van der Waals surface area (Å²) in [7, 11) is 0. The summed E-state index contributed by atoms with van der Waals surface area (Å²) in [6.45, 7) is 2.63. The van der Waals surface area contributed by atoms with Crippen molar-refractivity contribution in [3.63, 3.8) is 0 Å². The predicted octanol–water partition coefficient (Wildman–Crippen LogP) is 3.77. The van der Waals surface area contributed by atoms with Crippen LogP contribution in [-0.4, -0.2) is 11.9 Å². The van der Waals surface area contributed by atoms with E-state index in [1.165, 1.54) is 0 Å². The van der Waals surface area contributed by atoms with E-state index in [-0.39, 0.29) is 0 Å². The summed E-state index contributed by atoms with van der Waals surface area (Å²) in [6.07, 6.45) is -4.33. The highest BCUT2D eigenvalue weighted by atomic mass is 19.4. The highest BCUT2D eigenvalue weighted by Crippen LogP contribution is 2.22. The first-order valence-corrected chi connectivity index (χ1v) is 4.58. The molecule has 0 heterocycles. The molecule has 82 valence electrons. The fourth-order valence-electron chi connectivity index (χ4n) is 1.17. The molecule has 15 heavy (non-hydrogen) atoms. The molecule has 0 fully saturated rings. The fraction of sp³-hybridized carbons (Fsp3) is 0.364. The number of halogens is 3. The van der Waals surface area contributed by atoms with E-state index >= 15 is 0 Å². The minimum atomic E-state index is -4.33. The van der Waals surface area contributed by atoms with E-state index in [2.05, 4.69) is 4.99 Å². The average Bonchev–Trinajstić information content (AvgIpc) is 2.17. The molecule has 0 spiro atoms. The molecule has 1 aromatic rings. The first kappa shape index (κ1) is 11.8. The van der Waals surface area contributed by atoms with Crippen molar-refractivity contribution in [2.24, 2.45) is 4.99 Å². The normalized spacial score (nSPS) is 15.1. The SMILES string of the molecule is CC(=NC(C)c1ccccc1)C(F)(F)F. The third-order valence-corrected chi connectivity index (χ3v) is 2.08. The zero-order valence-corrected chi connectivity index (χ0v) is 8.55. The van der Waals surface area contributed by atoms with Crippen LogP contribution < -0.4 is 0 Å². The monoisotopic (exact) mass is 215 g/mol. The van der Waals surface area contributed by atoms with E-state index in [0.717, 1.165) is 12.5 Å². The summed E-state index contributed by atoms with van der Waals surface area (Å²) in [5.41, 5.74) is -0.0139. The Morgan fingerprint density at radius 1 is 1.20 bits per heavy atom. The Kier molecular flexibility index (Phi) is 3.50. The Balaban J connectivity index is 2.84. The number of hydrogen-bond donors (Lipinski definition) is 0. The van der Waals surface area contributed by atoms with Crippen molar-refractivity contribution in [1.29, 1.82) is 0 Å². The third-order valence-electron chi connectivity index (χ3n) is 2.08. The van der Waals surface area contributed by atoms with E-state index in [9.17, 15) is 13.2 Å². The van der Waals surface area contributed by atoms with E-state index in [1.54, 1.807) is 31.2 Å². The lowest BCUT2D eigenvalue weighted by Crippen LogP contribution is -2.20. The molecule has 0 aromatic heterocycles. The second-order valence-corrected chi connectivity index (χ2v) is 3.30. The molecule has 1 aromatic carbocycles. The van der Waals surface area contributed by atoms with Gasteiger partial charge in [0.1, 0.15) is 5.71 Å². The highest BCUT2D eigenvalue weighted by Gasteiger charge is 2.32. The number of hydrogen-bond acceptors (Lipinski definition) is 1. The summed E-state index contributed by atoms with van der Waals surface area (Å²) >= 11 is 0. The van der Waals surface area contributed by atoms with Gasteiger partial charge in [-0.25, -0.2) is 0 Å². The summed E-state index contributed by atoms with van der Waals surface area (Å²) in [5, 5.41) is 0. The number of nitrogens with zero attached hydrogens (tertiary/aromatic N) is 1. The molecule has 0 aliphatic rings. The first-order valence-electron chi connectivity index (χ1n) is 4.58. The molecular weight excluding hydrogens is 203 g/mol. The van der Waals surface area contributed by atoms with E-state index in [4.69, 9.17) is 0 Å². The van der Waals surface area contributed by atoms with Gasteiger partial charge < -0.3 is 0 Å². The van der Waals surface area contributed by atoms with Crippen molar-refractivity contribution in [3.8, 4) is 0 Å². The first-order chi connectivity index (χ1) is 6.91. The topological polar surface area (TPSA) is 12.4 Å². The van der Waals surface area contributed by atoms with Gasteiger partial charge in [0, 0.05) is 0 Å². The standard InChI is InChI=1S/C11H12F3N/c1-8(10-6-4-3-5-7-10)15-9(2)11(12,13)14/h3-8H,1-2H3. The predicted molar refractivity (Wildman–Crippen MR) is 54.0 cm³/mol. The molecule has 0 amide bonds.